The molecule has 1 atom stereocenters. The number of ether oxygens (including phenoxy) is 1. The minimum absolute atomic E-state index is 0.147. The zero-order valence-corrected chi connectivity index (χ0v) is 16.1. The maximum atomic E-state index is 12.4. The van der Waals surface area contributed by atoms with Crippen molar-refractivity contribution in [2.45, 2.75) is 12.6 Å². The first-order valence-corrected chi connectivity index (χ1v) is 9.71. The van der Waals surface area contributed by atoms with Crippen molar-refractivity contribution in [3.63, 3.8) is 0 Å². The van der Waals surface area contributed by atoms with Crippen LogP contribution >= 0.6 is 0 Å². The van der Waals surface area contributed by atoms with Gasteiger partial charge in [-0.05, 0) is 35.4 Å². The Morgan fingerprint density at radius 1 is 0.967 bits per heavy atom. The first-order chi connectivity index (χ1) is 14.7. The molecule has 4 N–H and O–H groups in total. The molecule has 30 heavy (non-hydrogen) atoms. The fourth-order valence-corrected chi connectivity index (χ4v) is 3.75. The fourth-order valence-electron chi connectivity index (χ4n) is 3.75. The third kappa shape index (κ3) is 3.28. The molecule has 2 heterocycles. The van der Waals surface area contributed by atoms with E-state index in [1.54, 1.807) is 0 Å². The average molecular weight is 396 g/mol. The normalized spacial score (nSPS) is 14.9. The summed E-state index contributed by atoms with van der Waals surface area (Å²) >= 11 is 0. The molecule has 6 nitrogen and oxygen atoms in total. The van der Waals surface area contributed by atoms with Crippen molar-refractivity contribution in [3.8, 4) is 17.0 Å². The molecule has 1 aliphatic heterocycles. The molecule has 3 aromatic carbocycles. The molecule has 0 saturated heterocycles. The predicted octanol–water partition coefficient (Wildman–Crippen LogP) is 4.07. The van der Waals surface area contributed by atoms with Gasteiger partial charge in [-0.1, -0.05) is 54.6 Å². The molecule has 1 amide bonds. The molecule has 0 fully saturated rings. The summed E-state index contributed by atoms with van der Waals surface area (Å²) < 4.78 is 5.87. The van der Waals surface area contributed by atoms with Gasteiger partial charge in [0.15, 0.2) is 0 Å². The molecule has 1 unspecified atom stereocenters. The maximum absolute atomic E-state index is 12.4. The number of nitrogens with one attached hydrogen (secondary N) is 2. The van der Waals surface area contributed by atoms with Crippen LogP contribution in [0.3, 0.4) is 0 Å². The molecule has 0 saturated carbocycles. The van der Waals surface area contributed by atoms with Crippen molar-refractivity contribution < 1.29 is 9.53 Å². The molecule has 6 heteroatoms. The molecule has 148 valence electrons. The zero-order chi connectivity index (χ0) is 20.5. The average Bonchev–Trinajstić information content (AvgIpc) is 3.35. The number of aromatic amines is 1. The number of carbonyl (C=O) groups excluding carboxylic acids is 1. The van der Waals surface area contributed by atoms with Gasteiger partial charge in [0.05, 0.1) is 11.7 Å². The lowest BCUT2D eigenvalue weighted by molar-refractivity contribution is 0.0955. The van der Waals surface area contributed by atoms with Gasteiger partial charge < -0.3 is 15.8 Å². The molecule has 1 aliphatic rings. The summed E-state index contributed by atoms with van der Waals surface area (Å²) in [5.41, 5.74) is 11.7. The number of carbonyl (C=O) groups is 1. The summed E-state index contributed by atoms with van der Waals surface area (Å²) in [6, 6.07) is 25.0. The number of nitrogen functional groups attached to an aromatic ring is 1. The second-order valence-electron chi connectivity index (χ2n) is 7.24. The molecule has 1 aromatic heterocycles. The van der Waals surface area contributed by atoms with Crippen molar-refractivity contribution in [3.05, 3.63) is 101 Å². The molecule has 0 spiro atoms. The molecule has 0 radical (unpaired) electrons. The SMILES string of the molecule is Nc1cccc(COc2ccc(C3NC(=O)c4[nH]nc(-c5ccccc5)c43)cc2)c1. The third-order valence-electron chi connectivity index (χ3n) is 5.21. The minimum atomic E-state index is -0.260. The van der Waals surface area contributed by atoms with Crippen molar-refractivity contribution in [1.29, 1.82) is 0 Å². The van der Waals surface area contributed by atoms with Gasteiger partial charge in [-0.2, -0.15) is 5.10 Å². The number of nitrogens with zero attached hydrogens (tertiary/aromatic N) is 1. The summed E-state index contributed by atoms with van der Waals surface area (Å²) in [7, 11) is 0. The van der Waals surface area contributed by atoms with Gasteiger partial charge in [-0.15, -0.1) is 0 Å². The van der Waals surface area contributed by atoms with Gasteiger partial charge in [0.1, 0.15) is 18.1 Å². The van der Waals surface area contributed by atoms with Crippen LogP contribution in [0.1, 0.15) is 33.2 Å². The van der Waals surface area contributed by atoms with E-state index in [4.69, 9.17) is 10.5 Å². The van der Waals surface area contributed by atoms with E-state index >= 15 is 0 Å². The number of anilines is 1. The Morgan fingerprint density at radius 2 is 1.77 bits per heavy atom. The van der Waals surface area contributed by atoms with E-state index in [0.29, 0.717) is 18.0 Å². The zero-order valence-electron chi connectivity index (χ0n) is 16.1. The van der Waals surface area contributed by atoms with Gasteiger partial charge in [0.25, 0.3) is 5.91 Å². The quantitative estimate of drug-likeness (QED) is 0.443. The molecule has 0 aliphatic carbocycles. The van der Waals surface area contributed by atoms with Gasteiger partial charge in [0.2, 0.25) is 0 Å². The number of hydrogen-bond acceptors (Lipinski definition) is 4. The van der Waals surface area contributed by atoms with Crippen LogP contribution in [-0.4, -0.2) is 16.1 Å². The molecule has 5 rings (SSSR count). The molecular weight excluding hydrogens is 376 g/mol. The van der Waals surface area contributed by atoms with Crippen LogP contribution in [0, 0.1) is 0 Å². The van der Waals surface area contributed by atoms with Crippen LogP contribution in [0.15, 0.2) is 78.9 Å². The monoisotopic (exact) mass is 396 g/mol. The van der Waals surface area contributed by atoms with Crippen molar-refractivity contribution in [1.82, 2.24) is 15.5 Å². The Bertz CT molecular complexity index is 1200. The summed E-state index contributed by atoms with van der Waals surface area (Å²) in [4.78, 5) is 12.4. The molecule has 4 aromatic rings. The Kier molecular flexibility index (Phi) is 4.44. The Morgan fingerprint density at radius 3 is 2.53 bits per heavy atom. The number of nitrogens with two attached hydrogens (primary N) is 1. The van der Waals surface area contributed by atoms with Gasteiger partial charge >= 0.3 is 0 Å². The van der Waals surface area contributed by atoms with Crippen LogP contribution in [-0.2, 0) is 6.61 Å². The number of hydrogen-bond donors (Lipinski definition) is 3. The fraction of sp³-hybridized carbons (Fsp3) is 0.0833. The van der Waals surface area contributed by atoms with Crippen LogP contribution < -0.4 is 15.8 Å². The van der Waals surface area contributed by atoms with E-state index in [1.165, 1.54) is 0 Å². The summed E-state index contributed by atoms with van der Waals surface area (Å²) in [6.07, 6.45) is 0. The lowest BCUT2D eigenvalue weighted by Crippen LogP contribution is -2.21. The topological polar surface area (TPSA) is 93.0 Å². The second kappa shape index (κ2) is 7.40. The predicted molar refractivity (Wildman–Crippen MR) is 115 cm³/mol. The second-order valence-corrected chi connectivity index (χ2v) is 7.24. The first kappa shape index (κ1) is 18.0. The Balaban J connectivity index is 1.39. The summed E-state index contributed by atoms with van der Waals surface area (Å²) in [5, 5.41) is 10.3. The number of H-pyrrole nitrogens is 1. The van der Waals surface area contributed by atoms with Crippen LogP contribution in [0.5, 0.6) is 5.75 Å². The van der Waals surface area contributed by atoms with Crippen molar-refractivity contribution in [2.24, 2.45) is 0 Å². The molecular formula is C24H20N4O2. The summed E-state index contributed by atoms with van der Waals surface area (Å²) in [5.74, 6) is 0.605. The first-order valence-electron chi connectivity index (χ1n) is 9.71. The van der Waals surface area contributed by atoms with Crippen LogP contribution in [0.2, 0.25) is 0 Å². The minimum Gasteiger partial charge on any atom is -0.489 e. The highest BCUT2D eigenvalue weighted by Gasteiger charge is 2.35. The van der Waals surface area contributed by atoms with Gasteiger partial charge in [0, 0.05) is 16.8 Å². The smallest absolute Gasteiger partial charge is 0.270 e. The number of rotatable bonds is 5. The van der Waals surface area contributed by atoms with Crippen LogP contribution in [0.4, 0.5) is 5.69 Å². The highest BCUT2D eigenvalue weighted by molar-refractivity contribution is 6.00. The van der Waals surface area contributed by atoms with E-state index in [2.05, 4.69) is 15.5 Å². The van der Waals surface area contributed by atoms with E-state index in [1.807, 2.05) is 78.9 Å². The van der Waals surface area contributed by atoms with Crippen molar-refractivity contribution in [2.75, 3.05) is 5.73 Å². The number of amides is 1. The Labute approximate surface area is 173 Å². The summed E-state index contributed by atoms with van der Waals surface area (Å²) in [6.45, 7) is 0.439. The lowest BCUT2D eigenvalue weighted by atomic mass is 9.97. The Hall–Kier alpha value is -4.06. The van der Waals surface area contributed by atoms with E-state index in [9.17, 15) is 4.79 Å². The maximum Gasteiger partial charge on any atom is 0.270 e. The van der Waals surface area contributed by atoms with E-state index in [-0.39, 0.29) is 11.9 Å². The van der Waals surface area contributed by atoms with Gasteiger partial charge in [-0.3, -0.25) is 9.89 Å². The van der Waals surface area contributed by atoms with Gasteiger partial charge in [-0.25, -0.2) is 0 Å². The number of fused-ring (bicyclic) bond motifs is 1. The number of aromatic nitrogens is 2. The van der Waals surface area contributed by atoms with E-state index in [0.717, 1.165) is 33.7 Å². The third-order valence-corrected chi connectivity index (χ3v) is 5.21. The van der Waals surface area contributed by atoms with Crippen molar-refractivity contribution >= 4 is 11.6 Å². The highest BCUT2D eigenvalue weighted by Crippen LogP contribution is 2.37. The molecule has 0 bridgehead atoms. The largest absolute Gasteiger partial charge is 0.489 e. The standard InChI is InChI=1S/C24H20N4O2/c25-18-8-4-5-15(13-18)14-30-19-11-9-17(10-12-19)21-20-22(16-6-2-1-3-7-16)27-28-23(20)24(29)26-21/h1-13,21H,14,25H2,(H,26,29)(H,27,28). The highest BCUT2D eigenvalue weighted by atomic mass is 16.5. The van der Waals surface area contributed by atoms with Crippen LogP contribution in [0.25, 0.3) is 11.3 Å². The number of benzene rings is 3. The lowest BCUT2D eigenvalue weighted by Gasteiger charge is -2.14. The van der Waals surface area contributed by atoms with E-state index < -0.39 is 0 Å².